The van der Waals surface area contributed by atoms with E-state index in [1.54, 1.807) is 19.2 Å². The topological polar surface area (TPSA) is 71.8 Å². The average molecular weight is 394 g/mol. The van der Waals surface area contributed by atoms with Gasteiger partial charge in [0.15, 0.2) is 11.2 Å². The van der Waals surface area contributed by atoms with Crippen molar-refractivity contribution in [2.75, 3.05) is 27.7 Å². The van der Waals surface area contributed by atoms with E-state index in [1.165, 1.54) is 6.07 Å². The first-order valence-corrected chi connectivity index (χ1v) is 9.44. The van der Waals surface area contributed by atoms with Gasteiger partial charge in [-0.25, -0.2) is 0 Å². The predicted octanol–water partition coefficient (Wildman–Crippen LogP) is 3.45. The molecule has 1 N–H and O–H groups in total. The number of amides is 1. The Kier molecular flexibility index (Phi) is 6.03. The molecule has 0 spiro atoms. The van der Waals surface area contributed by atoms with Crippen LogP contribution in [-0.2, 0) is 0 Å². The maximum Gasteiger partial charge on any atom is 0.287 e. The van der Waals surface area contributed by atoms with E-state index in [0.717, 1.165) is 22.4 Å². The highest BCUT2D eigenvalue weighted by molar-refractivity contribution is 5.93. The minimum atomic E-state index is -0.414. The number of rotatable bonds is 6. The highest BCUT2D eigenvalue weighted by Crippen LogP contribution is 2.21. The normalized spacial score (nSPS) is 12.2. The van der Waals surface area contributed by atoms with Crippen LogP contribution in [0.5, 0.6) is 5.75 Å². The second-order valence-electron chi connectivity index (χ2n) is 7.37. The number of fused-ring (bicyclic) bond motifs is 1. The molecule has 1 atom stereocenters. The smallest absolute Gasteiger partial charge is 0.287 e. The molecule has 0 radical (unpaired) electrons. The Morgan fingerprint density at radius 3 is 2.38 bits per heavy atom. The quantitative estimate of drug-likeness (QED) is 0.693. The molecule has 29 heavy (non-hydrogen) atoms. The molecule has 0 aliphatic rings. The molecule has 1 aromatic heterocycles. The van der Waals surface area contributed by atoms with Gasteiger partial charge in [-0.1, -0.05) is 12.1 Å². The van der Waals surface area contributed by atoms with Crippen LogP contribution in [0.25, 0.3) is 11.0 Å². The molecule has 6 heteroatoms. The molecule has 3 rings (SSSR count). The molecule has 0 aliphatic carbocycles. The van der Waals surface area contributed by atoms with Gasteiger partial charge < -0.3 is 19.4 Å². The third-order valence-electron chi connectivity index (χ3n) is 5.15. The Hall–Kier alpha value is -3.12. The van der Waals surface area contributed by atoms with Crippen molar-refractivity contribution < 1.29 is 13.9 Å². The fourth-order valence-electron chi connectivity index (χ4n) is 3.22. The summed E-state index contributed by atoms with van der Waals surface area (Å²) in [4.78, 5) is 27.1. The molecule has 0 unspecified atom stereocenters. The van der Waals surface area contributed by atoms with E-state index in [1.807, 2.05) is 57.1 Å². The van der Waals surface area contributed by atoms with Crippen molar-refractivity contribution >= 4 is 16.9 Å². The molecular weight excluding hydrogens is 368 g/mol. The van der Waals surface area contributed by atoms with Gasteiger partial charge in [-0.15, -0.1) is 0 Å². The number of aryl methyl sites for hydroxylation is 2. The Labute approximate surface area is 170 Å². The molecule has 3 aromatic rings. The van der Waals surface area contributed by atoms with Gasteiger partial charge in [0.1, 0.15) is 11.3 Å². The molecule has 6 nitrogen and oxygen atoms in total. The highest BCUT2D eigenvalue weighted by atomic mass is 16.5. The number of carbonyl (C=O) groups excluding carboxylic acids is 1. The van der Waals surface area contributed by atoms with Crippen molar-refractivity contribution in [2.45, 2.75) is 19.9 Å². The monoisotopic (exact) mass is 394 g/mol. The summed E-state index contributed by atoms with van der Waals surface area (Å²) >= 11 is 0. The number of hydrogen-bond acceptors (Lipinski definition) is 5. The number of benzene rings is 2. The summed E-state index contributed by atoms with van der Waals surface area (Å²) in [6, 6.07) is 12.5. The van der Waals surface area contributed by atoms with Crippen molar-refractivity contribution in [2.24, 2.45) is 0 Å². The molecule has 0 aliphatic heterocycles. The van der Waals surface area contributed by atoms with Crippen LogP contribution >= 0.6 is 0 Å². The zero-order chi connectivity index (χ0) is 21.1. The van der Waals surface area contributed by atoms with Gasteiger partial charge in [0.2, 0.25) is 0 Å². The molecule has 0 saturated heterocycles. The summed E-state index contributed by atoms with van der Waals surface area (Å²) in [5, 5.41) is 3.36. The summed E-state index contributed by atoms with van der Waals surface area (Å²) in [5.74, 6) is 0.374. The summed E-state index contributed by atoms with van der Waals surface area (Å²) in [7, 11) is 5.52. The second-order valence-corrected chi connectivity index (χ2v) is 7.37. The van der Waals surface area contributed by atoms with Crippen LogP contribution in [0.1, 0.15) is 33.3 Å². The number of carbonyl (C=O) groups is 1. The molecule has 152 valence electrons. The van der Waals surface area contributed by atoms with E-state index in [2.05, 4.69) is 5.32 Å². The summed E-state index contributed by atoms with van der Waals surface area (Å²) in [6.07, 6.45) is 0. The molecule has 1 heterocycles. The van der Waals surface area contributed by atoms with Crippen LogP contribution in [0, 0.1) is 13.8 Å². The third kappa shape index (κ3) is 4.49. The van der Waals surface area contributed by atoms with E-state index < -0.39 is 5.91 Å². The zero-order valence-corrected chi connectivity index (χ0v) is 17.4. The highest BCUT2D eigenvalue weighted by Gasteiger charge is 2.18. The number of hydrogen-bond donors (Lipinski definition) is 1. The van der Waals surface area contributed by atoms with Crippen LogP contribution < -0.4 is 15.5 Å². The van der Waals surface area contributed by atoms with Gasteiger partial charge in [-0.2, -0.15) is 0 Å². The SMILES string of the molecule is COc1ccc([C@H](CNC(=O)c2cc(=O)c3cc(C)c(C)cc3o2)N(C)C)cc1. The largest absolute Gasteiger partial charge is 0.497 e. The standard InChI is InChI=1S/C23H26N2O4/c1-14-10-18-20(26)12-22(29-21(18)11-15(14)2)23(27)24-13-19(25(3)4)16-6-8-17(28-5)9-7-16/h6-12,19H,13H2,1-5H3,(H,24,27)/t19-/m0/s1. The number of nitrogens with zero attached hydrogens (tertiary/aromatic N) is 1. The minimum Gasteiger partial charge on any atom is -0.497 e. The fourth-order valence-corrected chi connectivity index (χ4v) is 3.22. The van der Waals surface area contributed by atoms with E-state index in [4.69, 9.17) is 9.15 Å². The van der Waals surface area contributed by atoms with E-state index in [9.17, 15) is 9.59 Å². The first kappa shape index (κ1) is 20.6. The molecule has 0 saturated carbocycles. The van der Waals surface area contributed by atoms with Gasteiger partial charge in [0.25, 0.3) is 5.91 Å². The Morgan fingerprint density at radius 1 is 1.10 bits per heavy atom. The molecular formula is C23H26N2O4. The Bertz CT molecular complexity index is 1080. The lowest BCUT2D eigenvalue weighted by Gasteiger charge is -2.25. The van der Waals surface area contributed by atoms with E-state index in [-0.39, 0.29) is 17.2 Å². The van der Waals surface area contributed by atoms with Gasteiger partial charge in [0, 0.05) is 12.6 Å². The number of nitrogens with one attached hydrogen (secondary N) is 1. The van der Waals surface area contributed by atoms with E-state index in [0.29, 0.717) is 17.5 Å². The molecule has 2 aromatic carbocycles. The van der Waals surface area contributed by atoms with Crippen molar-refractivity contribution in [3.8, 4) is 5.75 Å². The van der Waals surface area contributed by atoms with Gasteiger partial charge in [-0.05, 0) is 68.9 Å². The maximum atomic E-state index is 12.7. The summed E-state index contributed by atoms with van der Waals surface area (Å²) in [6.45, 7) is 4.25. The third-order valence-corrected chi connectivity index (χ3v) is 5.15. The fraction of sp³-hybridized carbons (Fsp3) is 0.304. The number of likely N-dealkylation sites (N-methyl/N-ethyl adjacent to an activating group) is 1. The lowest BCUT2D eigenvalue weighted by atomic mass is 10.1. The first-order valence-electron chi connectivity index (χ1n) is 9.44. The lowest BCUT2D eigenvalue weighted by Crippen LogP contribution is -2.34. The zero-order valence-electron chi connectivity index (χ0n) is 17.4. The van der Waals surface area contributed by atoms with Crippen molar-refractivity contribution in [1.82, 2.24) is 10.2 Å². The van der Waals surface area contributed by atoms with Gasteiger partial charge in [-0.3, -0.25) is 9.59 Å². The number of methoxy groups -OCH3 is 1. The average Bonchev–Trinajstić information content (AvgIpc) is 2.69. The minimum absolute atomic E-state index is 0.0120. The van der Waals surface area contributed by atoms with Crippen molar-refractivity contribution in [1.29, 1.82) is 0 Å². The Balaban J connectivity index is 1.81. The number of ether oxygens (including phenoxy) is 1. The maximum absolute atomic E-state index is 12.7. The van der Waals surface area contributed by atoms with Gasteiger partial charge in [0.05, 0.1) is 18.5 Å². The molecule has 1 amide bonds. The first-order chi connectivity index (χ1) is 13.8. The van der Waals surface area contributed by atoms with Crippen molar-refractivity contribution in [3.63, 3.8) is 0 Å². The Morgan fingerprint density at radius 2 is 1.76 bits per heavy atom. The van der Waals surface area contributed by atoms with Crippen LogP contribution in [-0.4, -0.2) is 38.6 Å². The van der Waals surface area contributed by atoms with Crippen LogP contribution in [0.4, 0.5) is 0 Å². The summed E-state index contributed by atoms with van der Waals surface area (Å²) in [5.41, 5.74) is 3.26. The van der Waals surface area contributed by atoms with E-state index >= 15 is 0 Å². The van der Waals surface area contributed by atoms with Crippen LogP contribution in [0.2, 0.25) is 0 Å². The predicted molar refractivity (Wildman–Crippen MR) is 114 cm³/mol. The second kappa shape index (κ2) is 8.49. The van der Waals surface area contributed by atoms with Crippen LogP contribution in [0.15, 0.2) is 51.7 Å². The van der Waals surface area contributed by atoms with Gasteiger partial charge >= 0.3 is 0 Å². The molecule has 0 fully saturated rings. The van der Waals surface area contributed by atoms with Crippen molar-refractivity contribution in [3.05, 3.63) is 75.1 Å². The molecule has 0 bridgehead atoms. The van der Waals surface area contributed by atoms with Crippen LogP contribution in [0.3, 0.4) is 0 Å². The summed E-state index contributed by atoms with van der Waals surface area (Å²) < 4.78 is 10.9. The lowest BCUT2D eigenvalue weighted by molar-refractivity contribution is 0.0914.